The summed E-state index contributed by atoms with van der Waals surface area (Å²) in [6.45, 7) is 3.28. The van der Waals surface area contributed by atoms with Gasteiger partial charge in [-0.15, -0.1) is 0 Å². The summed E-state index contributed by atoms with van der Waals surface area (Å²) in [5.74, 6) is -3.77. The Morgan fingerprint density at radius 2 is 2.03 bits per heavy atom. The van der Waals surface area contributed by atoms with Gasteiger partial charge in [-0.3, -0.25) is 14.4 Å². The molecule has 2 N–H and O–H groups in total. The molecule has 1 fully saturated rings. The molecule has 2 aliphatic heterocycles. The number of halogens is 2. The van der Waals surface area contributed by atoms with Crippen molar-refractivity contribution in [3.05, 3.63) is 65.4 Å². The van der Waals surface area contributed by atoms with Crippen LogP contribution in [0.5, 0.6) is 0 Å². The maximum absolute atomic E-state index is 14.3. The van der Waals surface area contributed by atoms with E-state index in [-0.39, 0.29) is 28.9 Å². The molecule has 1 spiro atoms. The molecule has 1 aromatic heterocycles. The number of nitriles is 1. The number of H-pyrrole nitrogens is 1. The first-order valence-corrected chi connectivity index (χ1v) is 12.2. The Kier molecular flexibility index (Phi) is 5.57. The summed E-state index contributed by atoms with van der Waals surface area (Å²) in [5, 5.41) is 12.7. The predicted molar refractivity (Wildman–Crippen MR) is 136 cm³/mol. The Labute approximate surface area is 221 Å². The Hall–Kier alpha value is -4.26. The fourth-order valence-corrected chi connectivity index (χ4v) is 5.30. The van der Waals surface area contributed by atoms with Gasteiger partial charge in [-0.2, -0.15) is 5.26 Å². The first-order valence-electron chi connectivity index (χ1n) is 13.2. The van der Waals surface area contributed by atoms with Crippen molar-refractivity contribution in [1.29, 1.82) is 5.26 Å². The van der Waals surface area contributed by atoms with Gasteiger partial charge >= 0.3 is 0 Å². The standard InChI is InChI=1S/C28H27F2N5O3/c1-15(2)8-24(34(3)25(36)23-11-18-20(30)9-16(29)10-22(18)32-23)26(37)35-14-28(12-17(35)13-31)19-6-4-5-7-21(19)33-27(28)38/h4-7,9-11,15,17,24,32H,8,12,14H2,1-3H3,(H,33,38)/t17-,24-,28-/m0/s1/i12D2. The van der Waals surface area contributed by atoms with Crippen molar-refractivity contribution in [3.63, 3.8) is 0 Å². The lowest BCUT2D eigenvalue weighted by molar-refractivity contribution is -0.136. The molecule has 5 rings (SSSR count). The molecule has 3 atom stereocenters. The van der Waals surface area contributed by atoms with Crippen LogP contribution in [0.3, 0.4) is 0 Å². The van der Waals surface area contributed by atoms with Crippen LogP contribution in [0, 0.1) is 28.9 Å². The number of fused-ring (bicyclic) bond motifs is 3. The summed E-state index contributed by atoms with van der Waals surface area (Å²) in [4.78, 5) is 45.8. The molecular weight excluding hydrogens is 492 g/mol. The number of para-hydroxylation sites is 1. The number of aromatic amines is 1. The third-order valence-corrected chi connectivity index (χ3v) is 7.18. The lowest BCUT2D eigenvalue weighted by atomic mass is 9.80. The summed E-state index contributed by atoms with van der Waals surface area (Å²) in [7, 11) is 1.38. The van der Waals surface area contributed by atoms with Crippen LogP contribution < -0.4 is 5.32 Å². The minimum atomic E-state index is -2.45. The van der Waals surface area contributed by atoms with Gasteiger partial charge < -0.3 is 20.1 Å². The predicted octanol–water partition coefficient (Wildman–Crippen LogP) is 3.95. The quantitative estimate of drug-likeness (QED) is 0.530. The molecule has 3 aromatic rings. The zero-order valence-electron chi connectivity index (χ0n) is 23.0. The number of hydrogen-bond acceptors (Lipinski definition) is 4. The number of nitrogens with one attached hydrogen (secondary N) is 2. The van der Waals surface area contributed by atoms with Crippen LogP contribution in [0.25, 0.3) is 10.9 Å². The van der Waals surface area contributed by atoms with E-state index in [2.05, 4.69) is 10.3 Å². The number of nitrogens with zero attached hydrogens (tertiary/aromatic N) is 3. The molecule has 0 radical (unpaired) electrons. The van der Waals surface area contributed by atoms with Crippen LogP contribution in [0.15, 0.2) is 42.5 Å². The number of anilines is 1. The average Bonchev–Trinajstić information content (AvgIpc) is 3.52. The number of carbonyl (C=O) groups is 3. The number of likely N-dealkylation sites (N-methyl/N-ethyl adjacent to an activating group) is 1. The highest BCUT2D eigenvalue weighted by molar-refractivity contribution is 6.07. The first-order chi connectivity index (χ1) is 18.8. The summed E-state index contributed by atoms with van der Waals surface area (Å²) >= 11 is 0. The van der Waals surface area contributed by atoms with E-state index in [0.717, 1.165) is 15.9 Å². The van der Waals surface area contributed by atoms with Gasteiger partial charge in [-0.05, 0) is 36.1 Å². The van der Waals surface area contributed by atoms with E-state index in [1.807, 2.05) is 19.9 Å². The minimum Gasteiger partial charge on any atom is -0.350 e. The number of rotatable bonds is 5. The van der Waals surface area contributed by atoms with Gasteiger partial charge in [-0.25, -0.2) is 8.78 Å². The van der Waals surface area contributed by atoms with Gasteiger partial charge in [-0.1, -0.05) is 32.0 Å². The molecule has 0 bridgehead atoms. The summed E-state index contributed by atoms with van der Waals surface area (Å²) in [6, 6.07) is 8.72. The van der Waals surface area contributed by atoms with Crippen molar-refractivity contribution in [1.82, 2.24) is 14.8 Å². The molecule has 0 unspecified atom stereocenters. The van der Waals surface area contributed by atoms with E-state index >= 15 is 0 Å². The first kappa shape index (κ1) is 22.9. The van der Waals surface area contributed by atoms with Gasteiger partial charge in [0.05, 0.1) is 17.0 Å². The Morgan fingerprint density at radius 1 is 1.29 bits per heavy atom. The highest BCUT2D eigenvalue weighted by atomic mass is 19.1. The van der Waals surface area contributed by atoms with E-state index in [0.29, 0.717) is 17.3 Å². The van der Waals surface area contributed by atoms with Crippen LogP contribution in [0.2, 0.25) is 0 Å². The molecule has 2 aromatic carbocycles. The largest absolute Gasteiger partial charge is 0.350 e. The van der Waals surface area contributed by atoms with Crippen LogP contribution in [-0.2, 0) is 15.0 Å². The number of carbonyl (C=O) groups excluding carboxylic acids is 3. The number of amides is 3. The van der Waals surface area contributed by atoms with Gasteiger partial charge in [0.1, 0.15) is 29.4 Å². The Balaban J connectivity index is 1.52. The SMILES string of the molecule is [2H]C1([2H])[C@@H](C#N)N(C(=O)[C@H](CC(C)C)N(C)C(=O)c2cc3c(F)cc(F)cc3[nH]2)C[C@@]12C(=O)Nc1ccccc12. The number of likely N-dealkylation sites (tertiary alicyclic amines) is 1. The second-order valence-corrected chi connectivity index (χ2v) is 10.1. The third kappa shape index (κ3) is 3.99. The molecule has 8 nitrogen and oxygen atoms in total. The van der Waals surface area contributed by atoms with Gasteiger partial charge in [0.25, 0.3) is 5.91 Å². The molecule has 0 aliphatic carbocycles. The van der Waals surface area contributed by atoms with E-state index < -0.39 is 59.8 Å². The monoisotopic (exact) mass is 521 g/mol. The van der Waals surface area contributed by atoms with E-state index in [4.69, 9.17) is 2.74 Å². The maximum atomic E-state index is 14.3. The van der Waals surface area contributed by atoms with Crippen LogP contribution >= 0.6 is 0 Å². The van der Waals surface area contributed by atoms with E-state index in [9.17, 15) is 28.4 Å². The third-order valence-electron chi connectivity index (χ3n) is 7.18. The van der Waals surface area contributed by atoms with Crippen LogP contribution in [0.1, 0.15) is 45.4 Å². The van der Waals surface area contributed by atoms with Gasteiger partial charge in [0.2, 0.25) is 11.8 Å². The number of hydrogen-bond donors (Lipinski definition) is 2. The molecule has 2 aliphatic rings. The number of benzene rings is 2. The van der Waals surface area contributed by atoms with Crippen molar-refractivity contribution < 1.29 is 25.9 Å². The molecule has 38 heavy (non-hydrogen) atoms. The van der Waals surface area contributed by atoms with Crippen molar-refractivity contribution in [2.45, 2.75) is 44.1 Å². The highest BCUT2D eigenvalue weighted by Crippen LogP contribution is 2.46. The van der Waals surface area contributed by atoms with Crippen LogP contribution in [0.4, 0.5) is 14.5 Å². The summed E-state index contributed by atoms with van der Waals surface area (Å²) in [5.41, 5.74) is -1.04. The Bertz CT molecular complexity index is 1600. The molecule has 3 heterocycles. The fraction of sp³-hybridized carbons (Fsp3) is 0.357. The van der Waals surface area contributed by atoms with Crippen molar-refractivity contribution >= 4 is 34.3 Å². The molecule has 10 heteroatoms. The summed E-state index contributed by atoms with van der Waals surface area (Å²) < 4.78 is 45.8. The zero-order valence-corrected chi connectivity index (χ0v) is 21.0. The minimum absolute atomic E-state index is 0.00928. The van der Waals surface area contributed by atoms with Crippen molar-refractivity contribution in [2.75, 3.05) is 18.9 Å². The summed E-state index contributed by atoms with van der Waals surface area (Å²) in [6.07, 6.45) is -2.28. The van der Waals surface area contributed by atoms with Gasteiger partial charge in [0.15, 0.2) is 0 Å². The molecule has 3 amide bonds. The molecule has 0 saturated carbocycles. The fourth-order valence-electron chi connectivity index (χ4n) is 5.30. The van der Waals surface area contributed by atoms with Gasteiger partial charge in [0, 0.05) is 39.8 Å². The smallest absolute Gasteiger partial charge is 0.270 e. The lowest BCUT2D eigenvalue weighted by Gasteiger charge is -2.33. The molecule has 1 saturated heterocycles. The van der Waals surface area contributed by atoms with E-state index in [1.54, 1.807) is 24.3 Å². The second kappa shape index (κ2) is 9.24. The van der Waals surface area contributed by atoms with Crippen LogP contribution in [-0.4, -0.2) is 58.2 Å². The second-order valence-electron chi connectivity index (χ2n) is 10.1. The number of aromatic nitrogens is 1. The van der Waals surface area contributed by atoms with E-state index in [1.165, 1.54) is 13.1 Å². The normalized spacial score (nSPS) is 23.1. The van der Waals surface area contributed by atoms with Crippen molar-refractivity contribution in [2.24, 2.45) is 5.92 Å². The molecule has 196 valence electrons. The lowest BCUT2D eigenvalue weighted by Crippen LogP contribution is -2.52. The average molecular weight is 522 g/mol. The topological polar surface area (TPSA) is 109 Å². The zero-order chi connectivity index (χ0) is 29.1. The van der Waals surface area contributed by atoms with Crippen molar-refractivity contribution in [3.8, 4) is 6.07 Å². The maximum Gasteiger partial charge on any atom is 0.270 e. The highest BCUT2D eigenvalue weighted by Gasteiger charge is 2.56. The molecular formula is C28H27F2N5O3. The Morgan fingerprint density at radius 3 is 2.74 bits per heavy atom.